The standard InChI is InChI=1S/C31H40N8O8/c32-21(5-3-13-35-31(33)34)27(43)38-24(15-18-16-36-22-6-2-1-4-20(18)22)29(45)37-23(11-12-26(41)42)28(44)39-25(30(46)47)14-17-7-9-19(40)10-8-17/h1-2,4,6-10,16,21,23-25,36,40H,3,5,11-15,32H2,(H,37,45)(H,38,43)(H,39,44)(H,41,42)(H,46,47)(H4,33,34,35). The summed E-state index contributed by atoms with van der Waals surface area (Å²) in [6.07, 6.45) is 1.21. The molecule has 0 saturated heterocycles. The van der Waals surface area contributed by atoms with Crippen molar-refractivity contribution in [2.24, 2.45) is 22.2 Å². The van der Waals surface area contributed by atoms with Gasteiger partial charge in [-0.1, -0.05) is 30.3 Å². The van der Waals surface area contributed by atoms with E-state index in [1.54, 1.807) is 6.20 Å². The van der Waals surface area contributed by atoms with E-state index in [0.29, 0.717) is 17.5 Å². The van der Waals surface area contributed by atoms with Gasteiger partial charge in [0.15, 0.2) is 5.96 Å². The number of phenolic OH excluding ortho intramolecular Hbond substituents is 1. The lowest BCUT2D eigenvalue weighted by Gasteiger charge is -2.25. The summed E-state index contributed by atoms with van der Waals surface area (Å²) in [4.78, 5) is 70.5. The number of aromatic nitrogens is 1. The van der Waals surface area contributed by atoms with Crippen LogP contribution in [0.1, 0.15) is 36.8 Å². The minimum absolute atomic E-state index is 0.0197. The second kappa shape index (κ2) is 17.2. The van der Waals surface area contributed by atoms with Gasteiger partial charge in [0.25, 0.3) is 0 Å². The fraction of sp³-hybridized carbons (Fsp3) is 0.355. The van der Waals surface area contributed by atoms with Crippen molar-refractivity contribution >= 4 is 46.5 Å². The summed E-state index contributed by atoms with van der Waals surface area (Å²) in [6, 6.07) is 7.84. The maximum absolute atomic E-state index is 13.7. The van der Waals surface area contributed by atoms with Gasteiger partial charge < -0.3 is 53.5 Å². The van der Waals surface area contributed by atoms with Gasteiger partial charge in [-0.05, 0) is 48.6 Å². The fourth-order valence-corrected chi connectivity index (χ4v) is 4.81. The van der Waals surface area contributed by atoms with E-state index in [1.807, 2.05) is 24.3 Å². The molecule has 0 fully saturated rings. The van der Waals surface area contributed by atoms with Crippen LogP contribution in [0.25, 0.3) is 10.9 Å². The first-order valence-corrected chi connectivity index (χ1v) is 14.8. The monoisotopic (exact) mass is 652 g/mol. The molecule has 3 rings (SSSR count). The Morgan fingerprint density at radius 1 is 0.809 bits per heavy atom. The molecule has 16 heteroatoms. The van der Waals surface area contributed by atoms with Crippen LogP contribution in [0.4, 0.5) is 0 Å². The number of benzene rings is 2. The number of H-pyrrole nitrogens is 1. The van der Waals surface area contributed by atoms with E-state index in [1.165, 1.54) is 24.3 Å². The summed E-state index contributed by atoms with van der Waals surface area (Å²) in [5.41, 5.74) is 18.7. The van der Waals surface area contributed by atoms with Crippen LogP contribution in [0.2, 0.25) is 0 Å². The predicted octanol–water partition coefficient (Wildman–Crippen LogP) is -0.557. The molecule has 0 bridgehead atoms. The molecule has 0 spiro atoms. The molecule has 16 nitrogen and oxygen atoms in total. The highest BCUT2D eigenvalue weighted by Gasteiger charge is 2.31. The predicted molar refractivity (Wildman–Crippen MR) is 172 cm³/mol. The number of rotatable bonds is 18. The highest BCUT2D eigenvalue weighted by atomic mass is 16.4. The number of carbonyl (C=O) groups is 5. The number of carbonyl (C=O) groups excluding carboxylic acids is 3. The molecule has 4 atom stereocenters. The Bertz CT molecular complexity index is 1590. The van der Waals surface area contributed by atoms with Crippen molar-refractivity contribution in [3.63, 3.8) is 0 Å². The Labute approximate surface area is 269 Å². The summed E-state index contributed by atoms with van der Waals surface area (Å²) >= 11 is 0. The van der Waals surface area contributed by atoms with Crippen molar-refractivity contribution in [3.05, 3.63) is 65.9 Å². The molecule has 0 radical (unpaired) electrons. The molecule has 0 aliphatic heterocycles. The number of fused-ring (bicyclic) bond motifs is 1. The summed E-state index contributed by atoms with van der Waals surface area (Å²) in [6.45, 7) is 0.243. The number of aromatic hydroxyl groups is 1. The van der Waals surface area contributed by atoms with E-state index in [0.717, 1.165) is 10.9 Å². The van der Waals surface area contributed by atoms with Gasteiger partial charge in [0, 0.05) is 42.9 Å². The minimum Gasteiger partial charge on any atom is -0.508 e. The van der Waals surface area contributed by atoms with Crippen LogP contribution in [0.3, 0.4) is 0 Å². The molecule has 1 heterocycles. The Morgan fingerprint density at radius 3 is 2.11 bits per heavy atom. The maximum Gasteiger partial charge on any atom is 0.326 e. The number of aromatic amines is 1. The van der Waals surface area contributed by atoms with Crippen LogP contribution in [0.5, 0.6) is 5.75 Å². The van der Waals surface area contributed by atoms with E-state index in [-0.39, 0.29) is 43.9 Å². The van der Waals surface area contributed by atoms with Crippen molar-refractivity contribution in [2.45, 2.75) is 62.7 Å². The van der Waals surface area contributed by atoms with Gasteiger partial charge in [-0.2, -0.15) is 0 Å². The summed E-state index contributed by atoms with van der Waals surface area (Å²) in [5, 5.41) is 36.9. The van der Waals surface area contributed by atoms with E-state index in [9.17, 15) is 39.3 Å². The zero-order chi connectivity index (χ0) is 34.5. The topological polar surface area (TPSA) is 288 Å². The fourth-order valence-electron chi connectivity index (χ4n) is 4.81. The first-order chi connectivity index (χ1) is 22.3. The molecule has 4 unspecified atom stereocenters. The number of aliphatic carboxylic acids is 2. The van der Waals surface area contributed by atoms with E-state index < -0.39 is 60.2 Å². The van der Waals surface area contributed by atoms with Crippen LogP contribution >= 0.6 is 0 Å². The number of nitrogens with one attached hydrogen (secondary N) is 4. The van der Waals surface area contributed by atoms with E-state index >= 15 is 0 Å². The van der Waals surface area contributed by atoms with Crippen LogP contribution < -0.4 is 33.2 Å². The zero-order valence-electron chi connectivity index (χ0n) is 25.5. The Morgan fingerprint density at radius 2 is 1.45 bits per heavy atom. The molecule has 0 aliphatic carbocycles. The molecule has 0 aliphatic rings. The van der Waals surface area contributed by atoms with E-state index in [4.69, 9.17) is 17.2 Å². The van der Waals surface area contributed by atoms with Crippen molar-refractivity contribution < 1.29 is 39.3 Å². The summed E-state index contributed by atoms with van der Waals surface area (Å²) in [5.74, 6) is -5.13. The minimum atomic E-state index is -1.46. The van der Waals surface area contributed by atoms with Gasteiger partial charge in [-0.3, -0.25) is 24.2 Å². The summed E-state index contributed by atoms with van der Waals surface area (Å²) in [7, 11) is 0. The molecule has 3 aromatic rings. The number of aliphatic imine (C=N–C) groups is 1. The second-order valence-corrected chi connectivity index (χ2v) is 10.9. The third-order valence-electron chi connectivity index (χ3n) is 7.31. The highest BCUT2D eigenvalue weighted by Crippen LogP contribution is 2.19. The van der Waals surface area contributed by atoms with Crippen LogP contribution in [0, 0.1) is 0 Å². The smallest absolute Gasteiger partial charge is 0.326 e. The van der Waals surface area contributed by atoms with E-state index in [2.05, 4.69) is 25.9 Å². The molecule has 47 heavy (non-hydrogen) atoms. The average molecular weight is 653 g/mol. The molecule has 252 valence electrons. The number of amides is 3. The van der Waals surface area contributed by atoms with Crippen molar-refractivity contribution in [1.82, 2.24) is 20.9 Å². The second-order valence-electron chi connectivity index (χ2n) is 10.9. The Kier molecular flexibility index (Phi) is 13.1. The molecule has 1 aromatic heterocycles. The molecule has 13 N–H and O–H groups in total. The first-order valence-electron chi connectivity index (χ1n) is 14.8. The van der Waals surface area contributed by atoms with Crippen LogP contribution in [-0.2, 0) is 36.8 Å². The largest absolute Gasteiger partial charge is 0.508 e. The van der Waals surface area contributed by atoms with Gasteiger partial charge in [0.2, 0.25) is 17.7 Å². The molecule has 3 amide bonds. The summed E-state index contributed by atoms with van der Waals surface area (Å²) < 4.78 is 0. The lowest BCUT2D eigenvalue weighted by molar-refractivity contribution is -0.143. The van der Waals surface area contributed by atoms with Gasteiger partial charge in [0.1, 0.15) is 23.9 Å². The van der Waals surface area contributed by atoms with Crippen molar-refractivity contribution in [1.29, 1.82) is 0 Å². The molecular formula is C31H40N8O8. The quantitative estimate of drug-likeness (QED) is 0.0472. The van der Waals surface area contributed by atoms with Gasteiger partial charge in [-0.15, -0.1) is 0 Å². The third kappa shape index (κ3) is 11.3. The first kappa shape index (κ1) is 35.8. The number of hydrogen-bond donors (Lipinski definition) is 10. The number of para-hydroxylation sites is 1. The lowest BCUT2D eigenvalue weighted by Crippen LogP contribution is -2.57. The van der Waals surface area contributed by atoms with Gasteiger partial charge >= 0.3 is 11.9 Å². The Hall–Kier alpha value is -5.64. The maximum atomic E-state index is 13.7. The highest BCUT2D eigenvalue weighted by molar-refractivity contribution is 5.95. The zero-order valence-corrected chi connectivity index (χ0v) is 25.5. The van der Waals surface area contributed by atoms with Gasteiger partial charge in [0.05, 0.1) is 6.04 Å². The van der Waals surface area contributed by atoms with Crippen molar-refractivity contribution in [3.8, 4) is 5.75 Å². The number of nitrogens with two attached hydrogens (primary N) is 3. The van der Waals surface area contributed by atoms with Crippen LogP contribution in [0.15, 0.2) is 59.7 Å². The number of carboxylic acid groups (broad SMARTS) is 2. The SMILES string of the molecule is NC(N)=NCCCC(N)C(=O)NC(Cc1c[nH]c2ccccc12)C(=O)NC(CCC(=O)O)C(=O)NC(Cc1ccc(O)cc1)C(=O)O. The third-order valence-corrected chi connectivity index (χ3v) is 7.31. The van der Waals surface area contributed by atoms with Crippen molar-refractivity contribution in [2.75, 3.05) is 6.54 Å². The molecular weight excluding hydrogens is 612 g/mol. The lowest BCUT2D eigenvalue weighted by atomic mass is 10.0. The number of hydrogen-bond acceptors (Lipinski definition) is 8. The normalized spacial score (nSPS) is 13.5. The number of nitrogens with zero attached hydrogens (tertiary/aromatic N) is 1. The molecule has 2 aromatic carbocycles. The van der Waals surface area contributed by atoms with Crippen LogP contribution in [-0.4, -0.2) is 86.6 Å². The Balaban J connectivity index is 1.81. The number of phenols is 1. The number of guanidine groups is 1. The average Bonchev–Trinajstić information content (AvgIpc) is 3.43. The molecule has 0 saturated carbocycles. The van der Waals surface area contributed by atoms with Gasteiger partial charge in [-0.25, -0.2) is 4.79 Å². The number of carboxylic acids is 2.